The topological polar surface area (TPSA) is 78.4 Å². The van der Waals surface area contributed by atoms with Crippen molar-refractivity contribution < 1.29 is 14.7 Å². The van der Waals surface area contributed by atoms with Gasteiger partial charge in [-0.05, 0) is 37.5 Å². The van der Waals surface area contributed by atoms with Crippen molar-refractivity contribution in [2.24, 2.45) is 11.3 Å². The van der Waals surface area contributed by atoms with E-state index in [-0.39, 0.29) is 23.5 Å². The minimum atomic E-state index is -0.793. The zero-order chi connectivity index (χ0) is 15.5. The van der Waals surface area contributed by atoms with Crippen molar-refractivity contribution in [1.29, 1.82) is 0 Å². The van der Waals surface area contributed by atoms with Gasteiger partial charge in [0.05, 0.1) is 5.92 Å². The Hall–Kier alpha value is -1.26. The van der Waals surface area contributed by atoms with Crippen LogP contribution in [-0.4, -0.2) is 29.2 Å². The Kier molecular flexibility index (Phi) is 5.12. The van der Waals surface area contributed by atoms with Crippen LogP contribution in [0.4, 0.5) is 4.79 Å². The summed E-state index contributed by atoms with van der Waals surface area (Å²) in [6, 6.07) is -0.218. The van der Waals surface area contributed by atoms with Crippen molar-refractivity contribution in [3.63, 3.8) is 0 Å². The van der Waals surface area contributed by atoms with E-state index in [9.17, 15) is 14.7 Å². The molecule has 2 saturated carbocycles. The van der Waals surface area contributed by atoms with E-state index in [0.717, 1.165) is 38.5 Å². The van der Waals surface area contributed by atoms with Crippen molar-refractivity contribution in [2.45, 2.75) is 77.3 Å². The standard InChI is InChI=1S/C16H28N2O3/c1-16(2)9-5-6-11(10-16)17-15(21)18-13-8-4-3-7-12(13)14(19)20/h11-13H,3-10H2,1-2H3,(H,19,20)(H2,17,18,21). The van der Waals surface area contributed by atoms with Crippen LogP contribution in [-0.2, 0) is 4.79 Å². The first kappa shape index (κ1) is 16.1. The average Bonchev–Trinajstić information content (AvgIpc) is 2.37. The van der Waals surface area contributed by atoms with Crippen molar-refractivity contribution in [3.8, 4) is 0 Å². The van der Waals surface area contributed by atoms with Gasteiger partial charge in [-0.25, -0.2) is 4.79 Å². The molecule has 2 fully saturated rings. The number of urea groups is 1. The fraction of sp³-hybridized carbons (Fsp3) is 0.875. The highest BCUT2D eigenvalue weighted by molar-refractivity contribution is 5.77. The predicted molar refractivity (Wildman–Crippen MR) is 81.1 cm³/mol. The number of aliphatic carboxylic acids is 1. The molecule has 0 saturated heterocycles. The van der Waals surface area contributed by atoms with E-state index in [4.69, 9.17) is 0 Å². The molecular formula is C16H28N2O3. The van der Waals surface area contributed by atoms with Gasteiger partial charge in [-0.1, -0.05) is 33.1 Å². The summed E-state index contributed by atoms with van der Waals surface area (Å²) in [7, 11) is 0. The third-order valence-corrected chi connectivity index (χ3v) is 4.94. The zero-order valence-corrected chi connectivity index (χ0v) is 13.2. The van der Waals surface area contributed by atoms with Gasteiger partial charge in [-0.2, -0.15) is 0 Å². The number of carbonyl (C=O) groups excluding carboxylic acids is 1. The zero-order valence-electron chi connectivity index (χ0n) is 13.2. The minimum absolute atomic E-state index is 0.198. The number of amides is 2. The van der Waals surface area contributed by atoms with Gasteiger partial charge in [0.2, 0.25) is 0 Å². The second-order valence-electron chi connectivity index (χ2n) is 7.41. The molecule has 3 N–H and O–H groups in total. The van der Waals surface area contributed by atoms with Crippen LogP contribution >= 0.6 is 0 Å². The van der Waals surface area contributed by atoms with Gasteiger partial charge in [0, 0.05) is 12.1 Å². The second kappa shape index (κ2) is 6.67. The Morgan fingerprint density at radius 1 is 1.05 bits per heavy atom. The van der Waals surface area contributed by atoms with Gasteiger partial charge in [0.15, 0.2) is 0 Å². The van der Waals surface area contributed by atoms with Crippen molar-refractivity contribution in [2.75, 3.05) is 0 Å². The molecule has 2 aliphatic carbocycles. The summed E-state index contributed by atoms with van der Waals surface area (Å²) >= 11 is 0. The van der Waals surface area contributed by atoms with Crippen molar-refractivity contribution >= 4 is 12.0 Å². The second-order valence-corrected chi connectivity index (χ2v) is 7.41. The van der Waals surface area contributed by atoms with Crippen LogP contribution in [0.25, 0.3) is 0 Å². The van der Waals surface area contributed by atoms with E-state index in [1.165, 1.54) is 6.42 Å². The summed E-state index contributed by atoms with van der Waals surface area (Å²) in [5.41, 5.74) is 0.282. The van der Waals surface area contributed by atoms with Crippen LogP contribution in [0.3, 0.4) is 0 Å². The summed E-state index contributed by atoms with van der Waals surface area (Å²) in [4.78, 5) is 23.4. The number of carbonyl (C=O) groups is 2. The fourth-order valence-electron chi connectivity index (χ4n) is 3.82. The molecule has 0 spiro atoms. The van der Waals surface area contributed by atoms with E-state index in [1.54, 1.807) is 0 Å². The molecule has 0 heterocycles. The molecule has 0 aromatic heterocycles. The highest BCUT2D eigenvalue weighted by Gasteiger charge is 2.33. The molecule has 0 aliphatic heterocycles. The van der Waals surface area contributed by atoms with Crippen LogP contribution in [0.1, 0.15) is 65.2 Å². The summed E-state index contributed by atoms with van der Waals surface area (Å²) in [5, 5.41) is 15.2. The lowest BCUT2D eigenvalue weighted by molar-refractivity contribution is -0.143. The van der Waals surface area contributed by atoms with Crippen LogP contribution in [0.5, 0.6) is 0 Å². The Morgan fingerprint density at radius 2 is 1.76 bits per heavy atom. The smallest absolute Gasteiger partial charge is 0.315 e. The SMILES string of the molecule is CC1(C)CCCC(NC(=O)NC2CCCCC2C(=O)O)C1. The van der Waals surface area contributed by atoms with Gasteiger partial charge < -0.3 is 15.7 Å². The number of rotatable bonds is 3. The molecule has 0 bridgehead atoms. The van der Waals surface area contributed by atoms with Gasteiger partial charge in [0.1, 0.15) is 0 Å². The number of hydrogen-bond donors (Lipinski definition) is 3. The first-order chi connectivity index (χ1) is 9.87. The Balaban J connectivity index is 1.84. The molecule has 2 rings (SSSR count). The monoisotopic (exact) mass is 296 g/mol. The lowest BCUT2D eigenvalue weighted by Gasteiger charge is -2.36. The third kappa shape index (κ3) is 4.61. The van der Waals surface area contributed by atoms with Gasteiger partial charge in [-0.3, -0.25) is 4.79 Å². The molecule has 0 radical (unpaired) electrons. The third-order valence-electron chi connectivity index (χ3n) is 4.94. The first-order valence-corrected chi connectivity index (χ1v) is 8.17. The molecule has 21 heavy (non-hydrogen) atoms. The van der Waals surface area contributed by atoms with Crippen LogP contribution in [0.15, 0.2) is 0 Å². The summed E-state index contributed by atoms with van der Waals surface area (Å²) in [6.07, 6.45) is 7.71. The fourth-order valence-corrected chi connectivity index (χ4v) is 3.82. The van der Waals surface area contributed by atoms with Crippen molar-refractivity contribution in [3.05, 3.63) is 0 Å². The van der Waals surface area contributed by atoms with E-state index in [0.29, 0.717) is 6.42 Å². The molecular weight excluding hydrogens is 268 g/mol. The molecule has 3 atom stereocenters. The normalized spacial score (nSPS) is 32.2. The highest BCUT2D eigenvalue weighted by atomic mass is 16.4. The van der Waals surface area contributed by atoms with Gasteiger partial charge in [0.25, 0.3) is 0 Å². The summed E-state index contributed by atoms with van der Waals surface area (Å²) < 4.78 is 0. The van der Waals surface area contributed by atoms with Crippen LogP contribution < -0.4 is 10.6 Å². The van der Waals surface area contributed by atoms with Crippen molar-refractivity contribution in [1.82, 2.24) is 10.6 Å². The maximum absolute atomic E-state index is 12.1. The van der Waals surface area contributed by atoms with E-state index in [1.807, 2.05) is 0 Å². The molecule has 2 amide bonds. The quantitative estimate of drug-likeness (QED) is 0.749. The average molecular weight is 296 g/mol. The van der Waals surface area contributed by atoms with Gasteiger partial charge in [-0.15, -0.1) is 0 Å². The van der Waals surface area contributed by atoms with Crippen LogP contribution in [0, 0.1) is 11.3 Å². The van der Waals surface area contributed by atoms with E-state index in [2.05, 4.69) is 24.5 Å². The largest absolute Gasteiger partial charge is 0.481 e. The number of carboxylic acids is 1. The Labute approximate surface area is 126 Å². The number of nitrogens with one attached hydrogen (secondary N) is 2. The first-order valence-electron chi connectivity index (χ1n) is 8.17. The predicted octanol–water partition coefficient (Wildman–Crippen LogP) is 2.90. The Bertz CT molecular complexity index is 395. The maximum atomic E-state index is 12.1. The van der Waals surface area contributed by atoms with E-state index >= 15 is 0 Å². The number of carboxylic acid groups (broad SMARTS) is 1. The molecule has 2 aliphatic rings. The maximum Gasteiger partial charge on any atom is 0.315 e. The lowest BCUT2D eigenvalue weighted by Crippen LogP contribution is -2.52. The number of hydrogen-bond acceptors (Lipinski definition) is 2. The lowest BCUT2D eigenvalue weighted by atomic mass is 9.75. The molecule has 120 valence electrons. The minimum Gasteiger partial charge on any atom is -0.481 e. The molecule has 5 heteroatoms. The van der Waals surface area contributed by atoms with Crippen LogP contribution in [0.2, 0.25) is 0 Å². The molecule has 5 nitrogen and oxygen atoms in total. The Morgan fingerprint density at radius 3 is 2.43 bits per heavy atom. The highest BCUT2D eigenvalue weighted by Crippen LogP contribution is 2.35. The van der Waals surface area contributed by atoms with E-state index < -0.39 is 11.9 Å². The summed E-state index contributed by atoms with van der Waals surface area (Å²) in [6.45, 7) is 4.47. The molecule has 0 aromatic carbocycles. The summed E-state index contributed by atoms with van der Waals surface area (Å²) in [5.74, 6) is -1.23. The van der Waals surface area contributed by atoms with Gasteiger partial charge >= 0.3 is 12.0 Å². The molecule has 0 aromatic rings. The molecule has 3 unspecified atom stereocenters.